The van der Waals surface area contributed by atoms with Gasteiger partial charge in [-0.1, -0.05) is 37.0 Å². The topological polar surface area (TPSA) is 29.1 Å². The van der Waals surface area contributed by atoms with Crippen LogP contribution in [0.2, 0.25) is 10.0 Å². The lowest BCUT2D eigenvalue weighted by Crippen LogP contribution is -2.19. The maximum Gasteiger partial charge on any atom is 0.227 e. The summed E-state index contributed by atoms with van der Waals surface area (Å²) in [7, 11) is 0. The molecule has 0 saturated heterocycles. The van der Waals surface area contributed by atoms with Crippen molar-refractivity contribution in [2.45, 2.75) is 20.3 Å². The van der Waals surface area contributed by atoms with E-state index in [2.05, 4.69) is 5.32 Å². The van der Waals surface area contributed by atoms with Crippen molar-refractivity contribution in [2.24, 2.45) is 5.92 Å². The molecule has 1 unspecified atom stereocenters. The number of carbonyl (C=O) groups is 1. The summed E-state index contributed by atoms with van der Waals surface area (Å²) in [5.41, 5.74) is 0.637. The lowest BCUT2D eigenvalue weighted by atomic mass is 10.1. The Kier molecular flexibility index (Phi) is 4.43. The van der Waals surface area contributed by atoms with Gasteiger partial charge in [-0.15, -0.1) is 0 Å². The van der Waals surface area contributed by atoms with E-state index in [9.17, 15) is 4.79 Å². The second-order valence-corrected chi connectivity index (χ2v) is 4.33. The Balaban J connectivity index is 2.76. The molecular formula is C11H13Cl2NO. The van der Waals surface area contributed by atoms with Crippen LogP contribution in [0, 0.1) is 5.92 Å². The third-order valence-electron chi connectivity index (χ3n) is 2.19. The number of amides is 1. The molecular weight excluding hydrogens is 233 g/mol. The molecule has 0 aromatic heterocycles. The van der Waals surface area contributed by atoms with E-state index in [1.54, 1.807) is 18.2 Å². The maximum atomic E-state index is 11.6. The first-order valence-corrected chi connectivity index (χ1v) is 5.55. The van der Waals surface area contributed by atoms with Crippen LogP contribution >= 0.6 is 23.2 Å². The molecule has 0 saturated carbocycles. The van der Waals surface area contributed by atoms with Crippen LogP contribution in [0.15, 0.2) is 18.2 Å². The number of benzene rings is 1. The van der Waals surface area contributed by atoms with Crippen LogP contribution in [0.3, 0.4) is 0 Å². The van der Waals surface area contributed by atoms with Crippen molar-refractivity contribution in [3.05, 3.63) is 28.2 Å². The highest BCUT2D eigenvalue weighted by Gasteiger charge is 2.10. The van der Waals surface area contributed by atoms with Crippen molar-refractivity contribution < 1.29 is 4.79 Å². The molecule has 4 heteroatoms. The summed E-state index contributed by atoms with van der Waals surface area (Å²) in [6.45, 7) is 3.84. The summed E-state index contributed by atoms with van der Waals surface area (Å²) in [6, 6.07) is 4.98. The molecule has 15 heavy (non-hydrogen) atoms. The number of anilines is 1. The van der Waals surface area contributed by atoms with Crippen molar-refractivity contribution in [1.29, 1.82) is 0 Å². The SMILES string of the molecule is CCC(C)C(=O)Nc1cc(Cl)cc(Cl)c1. The van der Waals surface area contributed by atoms with Crippen LogP contribution in [0.4, 0.5) is 5.69 Å². The first-order valence-electron chi connectivity index (χ1n) is 4.80. The average molecular weight is 246 g/mol. The summed E-state index contributed by atoms with van der Waals surface area (Å²) < 4.78 is 0. The average Bonchev–Trinajstić information content (AvgIpc) is 2.14. The summed E-state index contributed by atoms with van der Waals surface area (Å²) in [5, 5.41) is 3.80. The maximum absolute atomic E-state index is 11.6. The minimum atomic E-state index is -0.0177. The van der Waals surface area contributed by atoms with Gasteiger partial charge in [-0.2, -0.15) is 0 Å². The van der Waals surface area contributed by atoms with Gasteiger partial charge in [-0.25, -0.2) is 0 Å². The number of carbonyl (C=O) groups excluding carboxylic acids is 1. The van der Waals surface area contributed by atoms with Gasteiger partial charge in [-0.05, 0) is 24.6 Å². The Hall–Kier alpha value is -0.730. The lowest BCUT2D eigenvalue weighted by Gasteiger charge is -2.10. The van der Waals surface area contributed by atoms with Crippen molar-refractivity contribution in [2.75, 3.05) is 5.32 Å². The lowest BCUT2D eigenvalue weighted by molar-refractivity contribution is -0.119. The zero-order valence-electron chi connectivity index (χ0n) is 8.68. The van der Waals surface area contributed by atoms with E-state index in [1.807, 2.05) is 13.8 Å². The van der Waals surface area contributed by atoms with Gasteiger partial charge < -0.3 is 5.32 Å². The summed E-state index contributed by atoms with van der Waals surface area (Å²) in [4.78, 5) is 11.6. The molecule has 0 aliphatic carbocycles. The Morgan fingerprint density at radius 1 is 1.33 bits per heavy atom. The van der Waals surface area contributed by atoms with E-state index in [0.717, 1.165) is 6.42 Å². The highest BCUT2D eigenvalue weighted by Crippen LogP contribution is 2.22. The zero-order valence-corrected chi connectivity index (χ0v) is 10.2. The molecule has 0 bridgehead atoms. The fourth-order valence-corrected chi connectivity index (χ4v) is 1.60. The smallest absolute Gasteiger partial charge is 0.227 e. The van der Waals surface area contributed by atoms with Crippen molar-refractivity contribution >= 4 is 34.8 Å². The van der Waals surface area contributed by atoms with E-state index in [0.29, 0.717) is 15.7 Å². The van der Waals surface area contributed by atoms with Crippen LogP contribution in [0.25, 0.3) is 0 Å². The summed E-state index contributed by atoms with van der Waals surface area (Å²) >= 11 is 11.6. The monoisotopic (exact) mass is 245 g/mol. The molecule has 0 radical (unpaired) electrons. The molecule has 1 atom stereocenters. The second kappa shape index (κ2) is 5.38. The Labute approximate surface area is 99.6 Å². The molecule has 82 valence electrons. The standard InChI is InChI=1S/C11H13Cl2NO/c1-3-7(2)11(15)14-10-5-8(12)4-9(13)6-10/h4-7H,3H2,1-2H3,(H,14,15). The summed E-state index contributed by atoms with van der Waals surface area (Å²) in [5.74, 6) is -0.0291. The van der Waals surface area contributed by atoms with Crippen molar-refractivity contribution in [1.82, 2.24) is 0 Å². The van der Waals surface area contributed by atoms with Gasteiger partial charge in [0.05, 0.1) is 0 Å². The van der Waals surface area contributed by atoms with Crippen LogP contribution in [0.1, 0.15) is 20.3 Å². The normalized spacial score (nSPS) is 12.3. The van der Waals surface area contributed by atoms with E-state index in [4.69, 9.17) is 23.2 Å². The van der Waals surface area contributed by atoms with Crippen LogP contribution in [-0.4, -0.2) is 5.91 Å². The van der Waals surface area contributed by atoms with E-state index >= 15 is 0 Å². The minimum absolute atomic E-state index is 0.0113. The molecule has 0 fully saturated rings. The van der Waals surface area contributed by atoms with E-state index < -0.39 is 0 Å². The van der Waals surface area contributed by atoms with Crippen molar-refractivity contribution in [3.8, 4) is 0 Å². The molecule has 2 nitrogen and oxygen atoms in total. The number of halogens is 2. The molecule has 0 aliphatic rings. The van der Waals surface area contributed by atoms with E-state index in [1.165, 1.54) is 0 Å². The largest absolute Gasteiger partial charge is 0.326 e. The predicted molar refractivity (Wildman–Crippen MR) is 64.5 cm³/mol. The number of hydrogen-bond acceptors (Lipinski definition) is 1. The molecule has 1 aromatic rings. The first kappa shape index (κ1) is 12.3. The molecule has 1 rings (SSSR count). The molecule has 0 spiro atoms. The van der Waals surface area contributed by atoms with Gasteiger partial charge in [0.25, 0.3) is 0 Å². The fourth-order valence-electron chi connectivity index (χ4n) is 1.08. The predicted octanol–water partition coefficient (Wildman–Crippen LogP) is 3.98. The Bertz CT molecular complexity index is 345. The fraction of sp³-hybridized carbons (Fsp3) is 0.364. The molecule has 1 amide bonds. The second-order valence-electron chi connectivity index (χ2n) is 3.46. The van der Waals surface area contributed by atoms with Gasteiger partial charge in [0.15, 0.2) is 0 Å². The minimum Gasteiger partial charge on any atom is -0.326 e. The van der Waals surface area contributed by atoms with Gasteiger partial charge in [0.2, 0.25) is 5.91 Å². The third kappa shape index (κ3) is 3.73. The van der Waals surface area contributed by atoms with Crippen LogP contribution in [-0.2, 0) is 4.79 Å². The zero-order chi connectivity index (χ0) is 11.4. The highest BCUT2D eigenvalue weighted by atomic mass is 35.5. The van der Waals surface area contributed by atoms with Gasteiger partial charge in [-0.3, -0.25) is 4.79 Å². The van der Waals surface area contributed by atoms with E-state index in [-0.39, 0.29) is 11.8 Å². The van der Waals surface area contributed by atoms with Gasteiger partial charge in [0, 0.05) is 21.7 Å². The van der Waals surface area contributed by atoms with Crippen LogP contribution < -0.4 is 5.32 Å². The quantitative estimate of drug-likeness (QED) is 0.858. The molecule has 1 N–H and O–H groups in total. The Morgan fingerprint density at radius 3 is 2.33 bits per heavy atom. The number of nitrogens with one attached hydrogen (secondary N) is 1. The number of rotatable bonds is 3. The summed E-state index contributed by atoms with van der Waals surface area (Å²) in [6.07, 6.45) is 0.806. The third-order valence-corrected chi connectivity index (χ3v) is 2.63. The first-order chi connectivity index (χ1) is 7.02. The van der Waals surface area contributed by atoms with Gasteiger partial charge in [0.1, 0.15) is 0 Å². The van der Waals surface area contributed by atoms with Crippen LogP contribution in [0.5, 0.6) is 0 Å². The van der Waals surface area contributed by atoms with Gasteiger partial charge >= 0.3 is 0 Å². The highest BCUT2D eigenvalue weighted by molar-refractivity contribution is 6.35. The molecule has 0 aliphatic heterocycles. The van der Waals surface area contributed by atoms with Crippen molar-refractivity contribution in [3.63, 3.8) is 0 Å². The number of hydrogen-bond donors (Lipinski definition) is 1. The Morgan fingerprint density at radius 2 is 1.87 bits per heavy atom. The molecule has 0 heterocycles. The molecule has 1 aromatic carbocycles.